The van der Waals surface area contributed by atoms with Crippen LogP contribution in [0.5, 0.6) is 5.75 Å². The van der Waals surface area contributed by atoms with Crippen LogP contribution in [0.3, 0.4) is 0 Å². The summed E-state index contributed by atoms with van der Waals surface area (Å²) >= 11 is 1.63. The molecule has 2 heterocycles. The van der Waals surface area contributed by atoms with E-state index in [2.05, 4.69) is 12.1 Å². The lowest BCUT2D eigenvalue weighted by molar-refractivity contribution is -0.0559. The van der Waals surface area contributed by atoms with E-state index in [1.165, 1.54) is 5.56 Å². The normalized spacial score (nSPS) is 18.6. The molecule has 0 saturated carbocycles. The van der Waals surface area contributed by atoms with E-state index in [4.69, 9.17) is 14.2 Å². The van der Waals surface area contributed by atoms with E-state index >= 15 is 0 Å². The van der Waals surface area contributed by atoms with Crippen molar-refractivity contribution in [2.24, 2.45) is 0 Å². The summed E-state index contributed by atoms with van der Waals surface area (Å²) in [6.45, 7) is 2.56. The summed E-state index contributed by atoms with van der Waals surface area (Å²) in [4.78, 5) is 13.7. The molecule has 2 aliphatic heterocycles. The number of aromatic carboxylic acids is 1. The number of hydrogen-bond acceptors (Lipinski definition) is 5. The van der Waals surface area contributed by atoms with Crippen molar-refractivity contribution < 1.29 is 24.1 Å². The molecule has 5 nitrogen and oxygen atoms in total. The standard InChI is InChI=1S/C22H24O5S/c23-22(24)19-4-1-5-21-18(19)8-6-15-13-16(7-9-20(15)28-21)26-11-12-27-17-3-2-10-25-14-17/h1,4-5,7,9,13,17H,2-3,6,8,10-12,14H2,(H,23,24). The van der Waals surface area contributed by atoms with E-state index in [1.54, 1.807) is 17.8 Å². The second kappa shape index (κ2) is 8.99. The largest absolute Gasteiger partial charge is 0.491 e. The number of carboxylic acid groups (broad SMARTS) is 1. The molecule has 1 saturated heterocycles. The topological polar surface area (TPSA) is 65.0 Å². The molecule has 2 aromatic rings. The molecule has 0 aliphatic carbocycles. The van der Waals surface area contributed by atoms with Gasteiger partial charge in [-0.2, -0.15) is 0 Å². The number of carboxylic acids is 1. The molecular weight excluding hydrogens is 376 g/mol. The van der Waals surface area contributed by atoms with Crippen molar-refractivity contribution in [1.29, 1.82) is 0 Å². The lowest BCUT2D eigenvalue weighted by atomic mass is 10.00. The van der Waals surface area contributed by atoms with Crippen LogP contribution in [0.25, 0.3) is 0 Å². The number of fused-ring (bicyclic) bond motifs is 2. The highest BCUT2D eigenvalue weighted by atomic mass is 32.2. The van der Waals surface area contributed by atoms with Gasteiger partial charge in [0.25, 0.3) is 0 Å². The van der Waals surface area contributed by atoms with Crippen molar-refractivity contribution in [3.05, 3.63) is 53.1 Å². The van der Waals surface area contributed by atoms with Gasteiger partial charge in [0, 0.05) is 16.4 Å². The minimum atomic E-state index is -0.865. The quantitative estimate of drug-likeness (QED) is 0.733. The van der Waals surface area contributed by atoms with Crippen molar-refractivity contribution in [3.63, 3.8) is 0 Å². The molecule has 1 N–H and O–H groups in total. The average Bonchev–Trinajstić information content (AvgIpc) is 2.90. The first-order valence-electron chi connectivity index (χ1n) is 9.69. The SMILES string of the molecule is O=C(O)c1cccc2c1CCc1cc(OCCOC3CCCOC3)ccc1S2. The molecule has 2 aliphatic rings. The van der Waals surface area contributed by atoms with Gasteiger partial charge >= 0.3 is 5.97 Å². The Morgan fingerprint density at radius 2 is 2.11 bits per heavy atom. The molecule has 1 fully saturated rings. The monoisotopic (exact) mass is 400 g/mol. The van der Waals surface area contributed by atoms with E-state index < -0.39 is 5.97 Å². The highest BCUT2D eigenvalue weighted by Crippen LogP contribution is 2.39. The zero-order valence-electron chi connectivity index (χ0n) is 15.7. The average molecular weight is 400 g/mol. The molecule has 0 bridgehead atoms. The van der Waals surface area contributed by atoms with E-state index in [0.717, 1.165) is 47.0 Å². The fourth-order valence-corrected chi connectivity index (χ4v) is 4.80. The summed E-state index contributed by atoms with van der Waals surface area (Å²) in [6.07, 6.45) is 3.80. The molecule has 148 valence electrons. The zero-order valence-corrected chi connectivity index (χ0v) is 16.5. The Bertz CT molecular complexity index is 845. The Morgan fingerprint density at radius 1 is 1.18 bits per heavy atom. The lowest BCUT2D eigenvalue weighted by Gasteiger charge is -2.22. The Kier molecular flexibility index (Phi) is 6.20. The first-order chi connectivity index (χ1) is 13.7. The maximum Gasteiger partial charge on any atom is 0.336 e. The van der Waals surface area contributed by atoms with Gasteiger partial charge < -0.3 is 19.3 Å². The maximum atomic E-state index is 11.5. The summed E-state index contributed by atoms with van der Waals surface area (Å²) in [5.74, 6) is -0.0388. The van der Waals surface area contributed by atoms with Crippen molar-refractivity contribution in [2.45, 2.75) is 41.6 Å². The molecular formula is C22H24O5S. The molecule has 1 atom stereocenters. The molecule has 0 spiro atoms. The molecule has 28 heavy (non-hydrogen) atoms. The number of ether oxygens (including phenoxy) is 3. The molecule has 6 heteroatoms. The second-order valence-electron chi connectivity index (χ2n) is 7.02. The van der Waals surface area contributed by atoms with Crippen LogP contribution >= 0.6 is 11.8 Å². The van der Waals surface area contributed by atoms with Gasteiger partial charge in [0.05, 0.1) is 24.9 Å². The van der Waals surface area contributed by atoms with E-state index in [1.807, 2.05) is 18.2 Å². The Labute approximate surface area is 169 Å². The summed E-state index contributed by atoms with van der Waals surface area (Å²) < 4.78 is 17.1. The molecule has 4 rings (SSSR count). The summed E-state index contributed by atoms with van der Waals surface area (Å²) in [6, 6.07) is 11.6. The fourth-order valence-electron chi connectivity index (χ4n) is 3.66. The third-order valence-corrected chi connectivity index (χ3v) is 6.30. The predicted molar refractivity (Wildman–Crippen MR) is 107 cm³/mol. The highest BCUT2D eigenvalue weighted by Gasteiger charge is 2.20. The number of hydrogen-bond donors (Lipinski definition) is 1. The summed E-state index contributed by atoms with van der Waals surface area (Å²) in [5.41, 5.74) is 2.51. The maximum absolute atomic E-state index is 11.5. The van der Waals surface area contributed by atoms with Crippen molar-refractivity contribution >= 4 is 17.7 Å². The molecule has 1 unspecified atom stereocenters. The van der Waals surface area contributed by atoms with Gasteiger partial charge in [0.2, 0.25) is 0 Å². The van der Waals surface area contributed by atoms with Gasteiger partial charge in [-0.3, -0.25) is 0 Å². The Balaban J connectivity index is 1.38. The van der Waals surface area contributed by atoms with Crippen LogP contribution in [-0.2, 0) is 22.3 Å². The van der Waals surface area contributed by atoms with Crippen LogP contribution in [-0.4, -0.2) is 43.6 Å². The van der Waals surface area contributed by atoms with Crippen LogP contribution < -0.4 is 4.74 Å². The number of aryl methyl sites for hydroxylation is 1. The van der Waals surface area contributed by atoms with Crippen LogP contribution in [0.15, 0.2) is 46.2 Å². The summed E-state index contributed by atoms with van der Waals surface area (Å²) in [7, 11) is 0. The Morgan fingerprint density at radius 3 is 2.93 bits per heavy atom. The molecule has 0 radical (unpaired) electrons. The first-order valence-corrected chi connectivity index (χ1v) is 10.5. The third kappa shape index (κ3) is 4.51. The van der Waals surface area contributed by atoms with E-state index in [0.29, 0.717) is 31.8 Å². The smallest absolute Gasteiger partial charge is 0.336 e. The molecule has 2 aromatic carbocycles. The summed E-state index contributed by atoms with van der Waals surface area (Å²) in [5, 5.41) is 9.46. The van der Waals surface area contributed by atoms with Crippen LogP contribution in [0, 0.1) is 0 Å². The number of carbonyl (C=O) groups is 1. The molecule has 0 amide bonds. The van der Waals surface area contributed by atoms with Gasteiger partial charge in [0.15, 0.2) is 0 Å². The zero-order chi connectivity index (χ0) is 19.3. The minimum absolute atomic E-state index is 0.183. The molecule has 0 aromatic heterocycles. The van der Waals surface area contributed by atoms with Gasteiger partial charge in [-0.15, -0.1) is 0 Å². The van der Waals surface area contributed by atoms with Crippen molar-refractivity contribution in [3.8, 4) is 5.75 Å². The van der Waals surface area contributed by atoms with Gasteiger partial charge in [-0.05, 0) is 67.1 Å². The third-order valence-electron chi connectivity index (χ3n) is 5.08. The Hall–Kier alpha value is -2.02. The van der Waals surface area contributed by atoms with Crippen LogP contribution in [0.1, 0.15) is 34.3 Å². The highest BCUT2D eigenvalue weighted by molar-refractivity contribution is 7.99. The van der Waals surface area contributed by atoms with Crippen molar-refractivity contribution in [2.75, 3.05) is 26.4 Å². The van der Waals surface area contributed by atoms with Gasteiger partial charge in [0.1, 0.15) is 12.4 Å². The minimum Gasteiger partial charge on any atom is -0.491 e. The lowest BCUT2D eigenvalue weighted by Crippen LogP contribution is -2.27. The van der Waals surface area contributed by atoms with Gasteiger partial charge in [-0.25, -0.2) is 4.79 Å². The van der Waals surface area contributed by atoms with E-state index in [-0.39, 0.29) is 6.10 Å². The van der Waals surface area contributed by atoms with E-state index in [9.17, 15) is 9.90 Å². The fraction of sp³-hybridized carbons (Fsp3) is 0.409. The number of rotatable bonds is 6. The predicted octanol–water partition coefficient (Wildman–Crippen LogP) is 4.21. The van der Waals surface area contributed by atoms with Crippen molar-refractivity contribution in [1.82, 2.24) is 0 Å². The van der Waals surface area contributed by atoms with Crippen LogP contribution in [0.2, 0.25) is 0 Å². The van der Waals surface area contributed by atoms with Crippen LogP contribution in [0.4, 0.5) is 0 Å². The first kappa shape index (κ1) is 19.3. The number of benzene rings is 2. The second-order valence-corrected chi connectivity index (χ2v) is 8.10. The van der Waals surface area contributed by atoms with Gasteiger partial charge in [-0.1, -0.05) is 17.8 Å².